The highest BCUT2D eigenvalue weighted by molar-refractivity contribution is 7.89. The molecule has 7 heteroatoms. The first-order valence-corrected chi connectivity index (χ1v) is 12.1. The van der Waals surface area contributed by atoms with E-state index in [1.165, 1.54) is 17.5 Å². The summed E-state index contributed by atoms with van der Waals surface area (Å²) in [7, 11) is -3.49. The van der Waals surface area contributed by atoms with Crippen LogP contribution in [0.2, 0.25) is 0 Å². The second kappa shape index (κ2) is 8.49. The van der Waals surface area contributed by atoms with E-state index in [9.17, 15) is 13.2 Å². The van der Waals surface area contributed by atoms with Crippen LogP contribution < -0.4 is 10.2 Å². The van der Waals surface area contributed by atoms with Gasteiger partial charge in [-0.3, -0.25) is 4.79 Å². The molecule has 6 nitrogen and oxygen atoms in total. The fraction of sp³-hybridized carbons (Fsp3) is 0.435. The third-order valence-electron chi connectivity index (χ3n) is 6.34. The highest BCUT2D eigenvalue weighted by Crippen LogP contribution is 2.24. The third-order valence-corrected chi connectivity index (χ3v) is 8.23. The van der Waals surface area contributed by atoms with Gasteiger partial charge < -0.3 is 10.2 Å². The Morgan fingerprint density at radius 3 is 2.47 bits per heavy atom. The number of nitrogens with zero attached hydrogens (tertiary/aromatic N) is 1. The second-order valence-corrected chi connectivity index (χ2v) is 10.4. The smallest absolute Gasteiger partial charge is 0.279 e. The molecular formula is C23H30N3O3S+. The summed E-state index contributed by atoms with van der Waals surface area (Å²) < 4.78 is 27.4. The summed E-state index contributed by atoms with van der Waals surface area (Å²) in [6.07, 6.45) is 3.40. The van der Waals surface area contributed by atoms with Crippen LogP contribution in [0.5, 0.6) is 0 Å². The lowest BCUT2D eigenvalue weighted by Crippen LogP contribution is -3.15. The van der Waals surface area contributed by atoms with Gasteiger partial charge >= 0.3 is 0 Å². The Labute approximate surface area is 178 Å². The Kier molecular flexibility index (Phi) is 5.95. The molecule has 2 aliphatic rings. The maximum Gasteiger partial charge on any atom is 0.279 e. The van der Waals surface area contributed by atoms with Crippen LogP contribution in [-0.4, -0.2) is 51.4 Å². The van der Waals surface area contributed by atoms with Crippen molar-refractivity contribution in [2.75, 3.05) is 38.0 Å². The minimum atomic E-state index is -3.49. The zero-order chi connectivity index (χ0) is 21.3. The van der Waals surface area contributed by atoms with Gasteiger partial charge in [-0.25, -0.2) is 8.42 Å². The van der Waals surface area contributed by atoms with Crippen molar-refractivity contribution in [1.82, 2.24) is 4.31 Å². The summed E-state index contributed by atoms with van der Waals surface area (Å²) >= 11 is 0. The van der Waals surface area contributed by atoms with E-state index >= 15 is 0 Å². The first-order chi connectivity index (χ1) is 14.3. The van der Waals surface area contributed by atoms with Gasteiger partial charge in [0.05, 0.1) is 31.1 Å². The number of hydrogen-bond donors (Lipinski definition) is 2. The number of carbonyl (C=O) groups is 1. The third kappa shape index (κ3) is 4.43. The minimum Gasteiger partial charge on any atom is -0.325 e. The van der Waals surface area contributed by atoms with Crippen molar-refractivity contribution in [1.29, 1.82) is 0 Å². The summed E-state index contributed by atoms with van der Waals surface area (Å²) in [5.74, 6) is -0.0200. The average molecular weight is 429 g/mol. The van der Waals surface area contributed by atoms with Crippen molar-refractivity contribution >= 4 is 21.6 Å². The number of hydrogen-bond acceptors (Lipinski definition) is 3. The Morgan fingerprint density at radius 1 is 1.00 bits per heavy atom. The Bertz CT molecular complexity index is 1060. The van der Waals surface area contributed by atoms with E-state index in [4.69, 9.17) is 0 Å². The maximum absolute atomic E-state index is 13.0. The predicted octanol–water partition coefficient (Wildman–Crippen LogP) is 1.32. The van der Waals surface area contributed by atoms with Crippen molar-refractivity contribution < 1.29 is 18.1 Å². The standard InChI is InChI=1S/C23H29N3O3S/c1-17-6-9-22(14-18(17)2)30(28,29)26-12-10-25(11-13-26)16-23(27)24-21-8-7-19-4-3-5-20(19)15-21/h6-9,14-15H,3-5,10-13,16H2,1-2H3,(H,24,27)/p+1. The Hall–Kier alpha value is -2.22. The van der Waals surface area contributed by atoms with Gasteiger partial charge in [0.2, 0.25) is 10.0 Å². The van der Waals surface area contributed by atoms with Gasteiger partial charge in [0.25, 0.3) is 5.91 Å². The molecule has 0 unspecified atom stereocenters. The number of amides is 1. The second-order valence-electron chi connectivity index (χ2n) is 8.46. The fourth-order valence-electron chi connectivity index (χ4n) is 4.32. The van der Waals surface area contributed by atoms with Crippen LogP contribution in [0.3, 0.4) is 0 Å². The lowest BCUT2D eigenvalue weighted by atomic mass is 10.1. The van der Waals surface area contributed by atoms with Crippen LogP contribution in [0.15, 0.2) is 41.3 Å². The first-order valence-electron chi connectivity index (χ1n) is 10.7. The molecule has 0 aromatic heterocycles. The fourth-order valence-corrected chi connectivity index (χ4v) is 5.85. The molecule has 2 N–H and O–H groups in total. The molecule has 1 amide bonds. The molecule has 160 valence electrons. The van der Waals surface area contributed by atoms with Crippen LogP contribution in [0.25, 0.3) is 0 Å². The molecule has 0 bridgehead atoms. The molecule has 2 aromatic rings. The van der Waals surface area contributed by atoms with Crippen LogP contribution >= 0.6 is 0 Å². The molecule has 1 saturated heterocycles. The molecule has 1 heterocycles. The quantitative estimate of drug-likeness (QED) is 0.755. The van der Waals surface area contributed by atoms with Crippen molar-refractivity contribution in [2.45, 2.75) is 38.0 Å². The van der Waals surface area contributed by atoms with Crippen molar-refractivity contribution in [3.05, 3.63) is 58.7 Å². The van der Waals surface area contributed by atoms with Gasteiger partial charge in [-0.2, -0.15) is 4.31 Å². The van der Waals surface area contributed by atoms with Crippen molar-refractivity contribution in [3.63, 3.8) is 0 Å². The average Bonchev–Trinajstić information content (AvgIpc) is 3.18. The van der Waals surface area contributed by atoms with E-state index in [1.807, 2.05) is 26.0 Å². The van der Waals surface area contributed by atoms with E-state index in [0.29, 0.717) is 37.6 Å². The predicted molar refractivity (Wildman–Crippen MR) is 117 cm³/mol. The molecule has 0 atom stereocenters. The van der Waals surface area contributed by atoms with Crippen LogP contribution in [0, 0.1) is 13.8 Å². The highest BCUT2D eigenvalue weighted by atomic mass is 32.2. The van der Waals surface area contributed by atoms with E-state index in [2.05, 4.69) is 17.4 Å². The molecule has 30 heavy (non-hydrogen) atoms. The van der Waals surface area contributed by atoms with E-state index < -0.39 is 10.0 Å². The molecule has 2 aromatic carbocycles. The minimum absolute atomic E-state index is 0.0200. The van der Waals surface area contributed by atoms with Gasteiger partial charge in [0.1, 0.15) is 0 Å². The number of benzene rings is 2. The highest BCUT2D eigenvalue weighted by Gasteiger charge is 2.31. The Morgan fingerprint density at radius 2 is 1.73 bits per heavy atom. The summed E-state index contributed by atoms with van der Waals surface area (Å²) in [4.78, 5) is 13.9. The molecule has 1 aliphatic heterocycles. The number of piperazine rings is 1. The van der Waals surface area contributed by atoms with Crippen LogP contribution in [-0.2, 0) is 27.7 Å². The molecule has 4 rings (SSSR count). The number of nitrogens with one attached hydrogen (secondary N) is 2. The summed E-state index contributed by atoms with van der Waals surface area (Å²) in [6.45, 7) is 6.36. The lowest BCUT2D eigenvalue weighted by Gasteiger charge is -2.31. The number of rotatable bonds is 5. The largest absolute Gasteiger partial charge is 0.325 e. The monoisotopic (exact) mass is 428 g/mol. The molecule has 1 aliphatic carbocycles. The van der Waals surface area contributed by atoms with Gasteiger partial charge in [0, 0.05) is 5.69 Å². The number of carbonyl (C=O) groups excluding carboxylic acids is 1. The van der Waals surface area contributed by atoms with E-state index in [-0.39, 0.29) is 5.91 Å². The zero-order valence-corrected chi connectivity index (χ0v) is 18.5. The van der Waals surface area contributed by atoms with E-state index in [1.54, 1.807) is 16.4 Å². The van der Waals surface area contributed by atoms with Crippen LogP contribution in [0.1, 0.15) is 28.7 Å². The number of aryl methyl sites for hydroxylation is 4. The van der Waals surface area contributed by atoms with Gasteiger partial charge in [-0.1, -0.05) is 12.1 Å². The lowest BCUT2D eigenvalue weighted by molar-refractivity contribution is -0.895. The molecule has 1 fully saturated rings. The molecule has 0 saturated carbocycles. The zero-order valence-electron chi connectivity index (χ0n) is 17.7. The summed E-state index contributed by atoms with van der Waals surface area (Å²) in [6, 6.07) is 11.5. The molecule has 0 radical (unpaired) electrons. The van der Waals surface area contributed by atoms with Gasteiger partial charge in [-0.05, 0) is 79.6 Å². The molecule has 0 spiro atoms. The summed E-state index contributed by atoms with van der Waals surface area (Å²) in [5, 5.41) is 3.01. The normalized spacial score (nSPS) is 17.7. The van der Waals surface area contributed by atoms with Crippen molar-refractivity contribution in [3.8, 4) is 0 Å². The van der Waals surface area contributed by atoms with Crippen molar-refractivity contribution in [2.24, 2.45) is 0 Å². The SMILES string of the molecule is Cc1ccc(S(=O)(=O)N2CC[NH+](CC(=O)Nc3ccc4c(c3)CCC4)CC2)cc1C. The number of quaternary nitrogens is 1. The first kappa shape index (κ1) is 21.0. The number of fused-ring (bicyclic) bond motifs is 1. The number of anilines is 1. The van der Waals surface area contributed by atoms with E-state index in [0.717, 1.165) is 34.6 Å². The van der Waals surface area contributed by atoms with Gasteiger partial charge in [0.15, 0.2) is 6.54 Å². The molecular weight excluding hydrogens is 398 g/mol. The summed E-state index contributed by atoms with van der Waals surface area (Å²) in [5.41, 5.74) is 5.64. The topological polar surface area (TPSA) is 70.9 Å². The van der Waals surface area contributed by atoms with Crippen LogP contribution in [0.4, 0.5) is 5.69 Å². The Balaban J connectivity index is 1.32. The maximum atomic E-state index is 13.0. The number of sulfonamides is 1. The van der Waals surface area contributed by atoms with Gasteiger partial charge in [-0.15, -0.1) is 0 Å².